The minimum absolute atomic E-state index is 0. The van der Waals surface area contributed by atoms with Crippen molar-refractivity contribution in [3.05, 3.63) is 0 Å². The van der Waals surface area contributed by atoms with Crippen molar-refractivity contribution in [3.63, 3.8) is 0 Å². The molecule has 0 unspecified atom stereocenters. The molecule has 0 aromatic rings. The highest BCUT2D eigenvalue weighted by atomic mass is 127. The van der Waals surface area contributed by atoms with E-state index < -0.39 is 0 Å². The molecule has 0 saturated heterocycles. The number of halogens is 1. The average Bonchev–Trinajstić information content (AvgIpc) is 2.48. The first kappa shape index (κ1) is 20.0. The third kappa shape index (κ3) is 4.10. The Labute approximate surface area is 162 Å². The molecule has 3 saturated carbocycles. The summed E-state index contributed by atoms with van der Waals surface area (Å²) in [5.41, 5.74) is 1.41. The lowest BCUT2D eigenvalue weighted by Gasteiger charge is -2.63. The molecule has 0 radical (unpaired) electrons. The van der Waals surface area contributed by atoms with E-state index in [9.17, 15) is 0 Å². The SMILES string of the molecule is CC1(N(C2(C)CCCCC2)C2(C)CCCCC2)CCCCC1.I. The van der Waals surface area contributed by atoms with Crippen LogP contribution in [-0.4, -0.2) is 21.5 Å². The molecule has 0 heterocycles. The molecular formula is C21H40IN. The van der Waals surface area contributed by atoms with Crippen LogP contribution in [0.1, 0.15) is 117 Å². The lowest BCUT2D eigenvalue weighted by molar-refractivity contribution is -0.126. The molecule has 0 aliphatic heterocycles. The molecule has 23 heavy (non-hydrogen) atoms. The number of hydrogen-bond donors (Lipinski definition) is 0. The summed E-state index contributed by atoms with van der Waals surface area (Å²) in [5, 5.41) is 0. The summed E-state index contributed by atoms with van der Waals surface area (Å²) < 4.78 is 0. The van der Waals surface area contributed by atoms with Gasteiger partial charge in [0.25, 0.3) is 0 Å². The van der Waals surface area contributed by atoms with Gasteiger partial charge in [-0.15, -0.1) is 24.0 Å². The molecule has 0 bridgehead atoms. The molecule has 0 atom stereocenters. The van der Waals surface area contributed by atoms with Gasteiger partial charge in [0.05, 0.1) is 0 Å². The second kappa shape index (κ2) is 7.93. The normalized spacial score (nSPS) is 29.7. The predicted octanol–water partition coefficient (Wildman–Crippen LogP) is 7.07. The van der Waals surface area contributed by atoms with Crippen LogP contribution < -0.4 is 0 Å². The van der Waals surface area contributed by atoms with Gasteiger partial charge in [0.2, 0.25) is 0 Å². The zero-order valence-electron chi connectivity index (χ0n) is 16.0. The van der Waals surface area contributed by atoms with Crippen LogP contribution in [0.2, 0.25) is 0 Å². The molecule has 3 aliphatic carbocycles. The van der Waals surface area contributed by atoms with Crippen molar-refractivity contribution in [2.45, 2.75) is 134 Å². The van der Waals surface area contributed by atoms with E-state index in [0.29, 0.717) is 16.6 Å². The first-order valence-corrected chi connectivity index (χ1v) is 10.3. The first-order chi connectivity index (χ1) is 10.5. The molecule has 0 aromatic carbocycles. The third-order valence-corrected chi connectivity index (χ3v) is 7.41. The van der Waals surface area contributed by atoms with Crippen LogP contribution in [0.5, 0.6) is 0 Å². The Bertz CT molecular complexity index is 303. The second-order valence-electron chi connectivity index (χ2n) is 9.51. The van der Waals surface area contributed by atoms with Gasteiger partial charge in [-0.3, -0.25) is 4.90 Å². The van der Waals surface area contributed by atoms with Gasteiger partial charge in [-0.1, -0.05) is 57.8 Å². The summed E-state index contributed by atoms with van der Waals surface area (Å²) in [4.78, 5) is 3.14. The molecule has 0 N–H and O–H groups in total. The minimum Gasteiger partial charge on any atom is -0.287 e. The molecular weight excluding hydrogens is 393 g/mol. The van der Waals surface area contributed by atoms with E-state index >= 15 is 0 Å². The number of rotatable bonds is 3. The van der Waals surface area contributed by atoms with Crippen molar-refractivity contribution in [3.8, 4) is 0 Å². The lowest BCUT2D eigenvalue weighted by atomic mass is 9.68. The van der Waals surface area contributed by atoms with Crippen molar-refractivity contribution < 1.29 is 0 Å². The van der Waals surface area contributed by atoms with Crippen molar-refractivity contribution in [2.75, 3.05) is 0 Å². The van der Waals surface area contributed by atoms with Crippen LogP contribution in [0.15, 0.2) is 0 Å². The van der Waals surface area contributed by atoms with Crippen LogP contribution in [0.25, 0.3) is 0 Å². The largest absolute Gasteiger partial charge is 0.287 e. The van der Waals surface area contributed by atoms with E-state index in [-0.39, 0.29) is 24.0 Å². The molecule has 1 nitrogen and oxygen atoms in total. The van der Waals surface area contributed by atoms with Crippen LogP contribution in [0, 0.1) is 0 Å². The molecule has 0 aromatic heterocycles. The molecule has 3 rings (SSSR count). The van der Waals surface area contributed by atoms with Crippen LogP contribution >= 0.6 is 24.0 Å². The quantitative estimate of drug-likeness (QED) is 0.430. The zero-order valence-corrected chi connectivity index (χ0v) is 18.3. The molecule has 2 heteroatoms. The predicted molar refractivity (Wildman–Crippen MR) is 112 cm³/mol. The second-order valence-corrected chi connectivity index (χ2v) is 9.51. The standard InChI is InChI=1S/C21H39N.HI/c1-19(13-7-4-8-14-19)22(20(2)15-9-5-10-16-20)21(3)17-11-6-12-18-21;/h4-18H2,1-3H3;1H. The first-order valence-electron chi connectivity index (χ1n) is 10.3. The van der Waals surface area contributed by atoms with Gasteiger partial charge >= 0.3 is 0 Å². The Morgan fingerprint density at radius 1 is 0.435 bits per heavy atom. The fraction of sp³-hybridized carbons (Fsp3) is 1.00. The minimum atomic E-state index is 0. The van der Waals surface area contributed by atoms with Crippen molar-refractivity contribution in [2.24, 2.45) is 0 Å². The Kier molecular flexibility index (Phi) is 6.90. The topological polar surface area (TPSA) is 3.24 Å². The monoisotopic (exact) mass is 433 g/mol. The summed E-state index contributed by atoms with van der Waals surface area (Å²) in [6.45, 7) is 7.89. The van der Waals surface area contributed by atoms with E-state index in [4.69, 9.17) is 0 Å². The smallest absolute Gasteiger partial charge is 0.0192 e. The highest BCUT2D eigenvalue weighted by molar-refractivity contribution is 14.0. The van der Waals surface area contributed by atoms with Crippen molar-refractivity contribution in [1.82, 2.24) is 4.90 Å². The van der Waals surface area contributed by atoms with Gasteiger partial charge in [-0.25, -0.2) is 0 Å². The molecule has 3 aliphatic rings. The Morgan fingerprint density at radius 2 is 0.652 bits per heavy atom. The fourth-order valence-electron chi connectivity index (χ4n) is 6.57. The van der Waals surface area contributed by atoms with Crippen LogP contribution in [-0.2, 0) is 0 Å². The van der Waals surface area contributed by atoms with Gasteiger partial charge in [0.15, 0.2) is 0 Å². The van der Waals surface area contributed by atoms with E-state index in [2.05, 4.69) is 25.7 Å². The van der Waals surface area contributed by atoms with Gasteiger partial charge < -0.3 is 0 Å². The van der Waals surface area contributed by atoms with E-state index in [1.54, 1.807) is 0 Å². The molecule has 0 spiro atoms. The Balaban J connectivity index is 0.00000192. The summed E-state index contributed by atoms with van der Waals surface area (Å²) in [6.07, 6.45) is 21.8. The number of hydrogen-bond acceptors (Lipinski definition) is 1. The van der Waals surface area contributed by atoms with E-state index in [0.717, 1.165) is 0 Å². The van der Waals surface area contributed by atoms with Crippen molar-refractivity contribution in [1.29, 1.82) is 0 Å². The summed E-state index contributed by atoms with van der Waals surface area (Å²) in [5.74, 6) is 0. The Morgan fingerprint density at radius 3 is 0.870 bits per heavy atom. The van der Waals surface area contributed by atoms with Gasteiger partial charge in [-0.2, -0.15) is 0 Å². The lowest BCUT2D eigenvalue weighted by Crippen LogP contribution is -2.68. The van der Waals surface area contributed by atoms with Gasteiger partial charge in [-0.05, 0) is 59.3 Å². The molecule has 0 amide bonds. The number of nitrogens with zero attached hydrogens (tertiary/aromatic N) is 1. The summed E-state index contributed by atoms with van der Waals surface area (Å²) in [6, 6.07) is 0. The molecule has 136 valence electrons. The fourth-order valence-corrected chi connectivity index (χ4v) is 6.57. The molecule has 3 fully saturated rings. The highest BCUT2D eigenvalue weighted by Crippen LogP contribution is 2.50. The third-order valence-electron chi connectivity index (χ3n) is 7.41. The average molecular weight is 433 g/mol. The summed E-state index contributed by atoms with van der Waals surface area (Å²) >= 11 is 0. The maximum Gasteiger partial charge on any atom is 0.0192 e. The van der Waals surface area contributed by atoms with E-state index in [1.165, 1.54) is 96.3 Å². The van der Waals surface area contributed by atoms with Crippen LogP contribution in [0.4, 0.5) is 0 Å². The van der Waals surface area contributed by atoms with Crippen LogP contribution in [0.3, 0.4) is 0 Å². The van der Waals surface area contributed by atoms with E-state index in [1.807, 2.05) is 0 Å². The maximum atomic E-state index is 3.14. The maximum absolute atomic E-state index is 3.14. The van der Waals surface area contributed by atoms with Gasteiger partial charge in [0, 0.05) is 16.6 Å². The van der Waals surface area contributed by atoms with Gasteiger partial charge in [0.1, 0.15) is 0 Å². The zero-order chi connectivity index (χ0) is 15.7. The Hall–Kier alpha value is 0.690. The highest BCUT2D eigenvalue weighted by Gasteiger charge is 2.51. The van der Waals surface area contributed by atoms with Crippen molar-refractivity contribution >= 4 is 24.0 Å². The summed E-state index contributed by atoms with van der Waals surface area (Å²) in [7, 11) is 0.